The van der Waals surface area contributed by atoms with E-state index >= 15 is 0 Å². The Bertz CT molecular complexity index is 720. The van der Waals surface area contributed by atoms with Crippen molar-refractivity contribution >= 4 is 11.8 Å². The van der Waals surface area contributed by atoms with Gasteiger partial charge >= 0.3 is 0 Å². The lowest BCUT2D eigenvalue weighted by atomic mass is 9.72. The molecule has 2 bridgehead atoms. The van der Waals surface area contributed by atoms with Gasteiger partial charge in [0.2, 0.25) is 5.91 Å². The zero-order valence-corrected chi connectivity index (χ0v) is 16.6. The molecule has 8 nitrogen and oxygen atoms in total. The number of aliphatic hydroxyl groups excluding tert-OH is 1. The van der Waals surface area contributed by atoms with E-state index in [9.17, 15) is 14.7 Å². The molecule has 3 aliphatic rings. The summed E-state index contributed by atoms with van der Waals surface area (Å²) >= 11 is 0. The molecule has 1 aromatic rings. The zero-order chi connectivity index (χ0) is 19.7. The summed E-state index contributed by atoms with van der Waals surface area (Å²) < 4.78 is 1.57. The Kier molecular flexibility index (Phi) is 5.68. The van der Waals surface area contributed by atoms with Crippen LogP contribution >= 0.6 is 0 Å². The molecule has 4 atom stereocenters. The highest BCUT2D eigenvalue weighted by molar-refractivity contribution is 5.92. The van der Waals surface area contributed by atoms with Crippen molar-refractivity contribution in [3.63, 3.8) is 0 Å². The van der Waals surface area contributed by atoms with Crippen LogP contribution in [0, 0.1) is 11.8 Å². The van der Waals surface area contributed by atoms with E-state index in [1.54, 1.807) is 24.0 Å². The molecule has 0 spiro atoms. The fourth-order valence-electron chi connectivity index (χ4n) is 5.50. The third-order valence-electron chi connectivity index (χ3n) is 6.73. The van der Waals surface area contributed by atoms with Gasteiger partial charge in [-0.25, -0.2) is 0 Å². The molecule has 3 fully saturated rings. The minimum atomic E-state index is -0.143. The fraction of sp³-hybridized carbons (Fsp3) is 0.750. The summed E-state index contributed by atoms with van der Waals surface area (Å²) in [6, 6.07) is 2.04. The van der Waals surface area contributed by atoms with Gasteiger partial charge in [0.05, 0.1) is 6.04 Å². The topological polar surface area (TPSA) is 90.7 Å². The van der Waals surface area contributed by atoms with Crippen molar-refractivity contribution in [3.05, 3.63) is 18.0 Å². The summed E-state index contributed by atoms with van der Waals surface area (Å²) in [5, 5.41) is 16.3. The molecular formula is C20H31N5O3. The number of aromatic nitrogens is 2. The number of piperidine rings is 3. The quantitative estimate of drug-likeness (QED) is 0.727. The second-order valence-corrected chi connectivity index (χ2v) is 8.47. The molecule has 0 aliphatic carbocycles. The zero-order valence-electron chi connectivity index (χ0n) is 16.6. The molecule has 3 aliphatic heterocycles. The summed E-state index contributed by atoms with van der Waals surface area (Å²) in [5.74, 6) is 0.971. The SMILES string of the molecule is Cn1nccc1C(=O)NC[C@H]1[C@H]2C[C@H](CN(CCCO)C2)[C@@H]2CCCC(=O)N21. The summed E-state index contributed by atoms with van der Waals surface area (Å²) in [6.07, 6.45) is 6.17. The first kappa shape index (κ1) is 19.4. The van der Waals surface area contributed by atoms with Gasteiger partial charge in [0.15, 0.2) is 0 Å². The van der Waals surface area contributed by atoms with Gasteiger partial charge in [0.1, 0.15) is 5.69 Å². The van der Waals surface area contributed by atoms with E-state index < -0.39 is 0 Å². The molecule has 154 valence electrons. The Labute approximate surface area is 165 Å². The first-order chi connectivity index (χ1) is 13.6. The Morgan fingerprint density at radius 2 is 2.18 bits per heavy atom. The van der Waals surface area contributed by atoms with E-state index in [4.69, 9.17) is 0 Å². The third-order valence-corrected chi connectivity index (χ3v) is 6.73. The lowest BCUT2D eigenvalue weighted by molar-refractivity contribution is -0.152. The van der Waals surface area contributed by atoms with E-state index in [0.717, 1.165) is 45.3 Å². The first-order valence-electron chi connectivity index (χ1n) is 10.5. The van der Waals surface area contributed by atoms with Crippen molar-refractivity contribution in [1.29, 1.82) is 0 Å². The van der Waals surface area contributed by atoms with Crippen LogP contribution < -0.4 is 5.32 Å². The fourth-order valence-corrected chi connectivity index (χ4v) is 5.50. The number of hydrogen-bond donors (Lipinski definition) is 2. The van der Waals surface area contributed by atoms with Gasteiger partial charge in [0.25, 0.3) is 5.91 Å². The average molecular weight is 390 g/mol. The van der Waals surface area contributed by atoms with Crippen LogP contribution in [0.25, 0.3) is 0 Å². The summed E-state index contributed by atoms with van der Waals surface area (Å²) in [7, 11) is 1.75. The highest BCUT2D eigenvalue weighted by atomic mass is 16.3. The van der Waals surface area contributed by atoms with Crippen molar-refractivity contribution in [3.8, 4) is 0 Å². The van der Waals surface area contributed by atoms with Gasteiger partial charge in [-0.2, -0.15) is 5.10 Å². The molecular weight excluding hydrogens is 358 g/mol. The number of carbonyl (C=O) groups is 2. The lowest BCUT2D eigenvalue weighted by Gasteiger charge is -2.56. The van der Waals surface area contributed by atoms with Crippen LogP contribution in [0.2, 0.25) is 0 Å². The molecule has 3 saturated heterocycles. The van der Waals surface area contributed by atoms with Crippen LogP contribution in [0.1, 0.15) is 42.6 Å². The molecule has 8 heteroatoms. The number of aliphatic hydroxyl groups is 1. The van der Waals surface area contributed by atoms with Gasteiger partial charge in [0, 0.05) is 58.5 Å². The van der Waals surface area contributed by atoms with Crippen LogP contribution in [0.4, 0.5) is 0 Å². The monoisotopic (exact) mass is 389 g/mol. The standard InChI is InChI=1S/C20H31N5O3/c1-23-17(6-7-22-23)20(28)21-11-18-15-10-14(12-24(13-15)8-3-9-26)16-4-2-5-19(27)25(16)18/h6-7,14-16,18,26H,2-5,8-13H2,1H3,(H,21,28)/t14-,15+,16+,18+/m1/s1. The maximum atomic E-state index is 12.8. The number of nitrogens with one attached hydrogen (secondary N) is 1. The number of nitrogens with zero attached hydrogens (tertiary/aromatic N) is 4. The Morgan fingerprint density at radius 3 is 2.93 bits per heavy atom. The predicted molar refractivity (Wildman–Crippen MR) is 104 cm³/mol. The molecule has 2 amide bonds. The molecule has 28 heavy (non-hydrogen) atoms. The van der Waals surface area contributed by atoms with E-state index in [-0.39, 0.29) is 30.5 Å². The smallest absolute Gasteiger partial charge is 0.269 e. The third kappa shape index (κ3) is 3.67. The predicted octanol–water partition coefficient (Wildman–Crippen LogP) is 0.234. The van der Waals surface area contributed by atoms with E-state index in [2.05, 4.69) is 20.2 Å². The van der Waals surface area contributed by atoms with Crippen molar-refractivity contribution < 1.29 is 14.7 Å². The number of hydrogen-bond acceptors (Lipinski definition) is 5. The number of rotatable bonds is 6. The Hall–Kier alpha value is -1.93. The Balaban J connectivity index is 1.50. The molecule has 0 radical (unpaired) electrons. The number of carbonyl (C=O) groups excluding carboxylic acids is 2. The van der Waals surface area contributed by atoms with E-state index in [1.165, 1.54) is 0 Å². The van der Waals surface area contributed by atoms with Crippen molar-refractivity contribution in [1.82, 2.24) is 24.9 Å². The van der Waals surface area contributed by atoms with Gasteiger partial charge < -0.3 is 20.2 Å². The van der Waals surface area contributed by atoms with Crippen LogP contribution in [0.3, 0.4) is 0 Å². The minimum absolute atomic E-state index is 0.0446. The summed E-state index contributed by atoms with van der Waals surface area (Å²) in [5.41, 5.74) is 0.531. The molecule has 0 unspecified atom stereocenters. The van der Waals surface area contributed by atoms with Crippen LogP contribution in [0.15, 0.2) is 12.3 Å². The summed E-state index contributed by atoms with van der Waals surface area (Å²) in [4.78, 5) is 29.9. The van der Waals surface area contributed by atoms with Gasteiger partial charge in [-0.15, -0.1) is 0 Å². The van der Waals surface area contributed by atoms with Gasteiger partial charge in [-0.05, 0) is 43.6 Å². The average Bonchev–Trinajstić information content (AvgIpc) is 3.12. The molecule has 1 aromatic heterocycles. The normalized spacial score (nSPS) is 30.2. The van der Waals surface area contributed by atoms with Crippen molar-refractivity contribution in [2.75, 3.05) is 32.8 Å². The van der Waals surface area contributed by atoms with Crippen LogP contribution in [0.5, 0.6) is 0 Å². The summed E-state index contributed by atoms with van der Waals surface area (Å²) in [6.45, 7) is 3.54. The molecule has 0 aromatic carbocycles. The second kappa shape index (κ2) is 8.21. The second-order valence-electron chi connectivity index (χ2n) is 8.47. The molecule has 2 N–H and O–H groups in total. The minimum Gasteiger partial charge on any atom is -0.396 e. The number of fused-ring (bicyclic) bond motifs is 4. The van der Waals surface area contributed by atoms with E-state index in [0.29, 0.717) is 30.5 Å². The molecule has 4 rings (SSSR count). The number of likely N-dealkylation sites (tertiary alicyclic amines) is 1. The van der Waals surface area contributed by atoms with Gasteiger partial charge in [-0.3, -0.25) is 14.3 Å². The molecule has 0 saturated carbocycles. The van der Waals surface area contributed by atoms with Crippen LogP contribution in [-0.4, -0.2) is 81.4 Å². The maximum absolute atomic E-state index is 12.8. The number of amides is 2. The largest absolute Gasteiger partial charge is 0.396 e. The highest BCUT2D eigenvalue weighted by Gasteiger charge is 2.49. The van der Waals surface area contributed by atoms with Crippen molar-refractivity contribution in [2.24, 2.45) is 18.9 Å². The maximum Gasteiger partial charge on any atom is 0.269 e. The van der Waals surface area contributed by atoms with E-state index in [1.807, 2.05) is 0 Å². The lowest BCUT2D eigenvalue weighted by Crippen LogP contribution is -2.67. The first-order valence-corrected chi connectivity index (χ1v) is 10.5. The van der Waals surface area contributed by atoms with Gasteiger partial charge in [-0.1, -0.05) is 0 Å². The highest BCUT2D eigenvalue weighted by Crippen LogP contribution is 2.41. The van der Waals surface area contributed by atoms with Crippen LogP contribution in [-0.2, 0) is 11.8 Å². The number of aryl methyl sites for hydroxylation is 1. The Morgan fingerprint density at radius 1 is 1.36 bits per heavy atom. The molecule has 4 heterocycles. The van der Waals surface area contributed by atoms with Crippen molar-refractivity contribution in [2.45, 2.75) is 44.2 Å².